The van der Waals surface area contributed by atoms with Gasteiger partial charge in [0.05, 0.1) is 22.7 Å². The summed E-state index contributed by atoms with van der Waals surface area (Å²) in [6, 6.07) is 3.54. The fourth-order valence-corrected chi connectivity index (χ4v) is 1.59. The van der Waals surface area contributed by atoms with Crippen LogP contribution >= 0.6 is 27.5 Å². The Bertz CT molecular complexity index is 326. The summed E-state index contributed by atoms with van der Waals surface area (Å²) < 4.78 is 11.5. The van der Waals surface area contributed by atoms with Crippen molar-refractivity contribution in [2.45, 2.75) is 20.0 Å². The summed E-state index contributed by atoms with van der Waals surface area (Å²) in [4.78, 5) is 0. The third kappa shape index (κ3) is 2.55. The summed E-state index contributed by atoms with van der Waals surface area (Å²) >= 11 is 9.31. The van der Waals surface area contributed by atoms with Crippen molar-refractivity contribution in [3.8, 4) is 11.5 Å². The molecule has 0 fully saturated rings. The van der Waals surface area contributed by atoms with Gasteiger partial charge in [0.25, 0.3) is 0 Å². The molecule has 0 saturated carbocycles. The van der Waals surface area contributed by atoms with E-state index in [1.165, 1.54) is 0 Å². The molecule has 1 aromatic rings. The number of ether oxygens (including phenoxy) is 2. The Morgan fingerprint density at radius 3 is 2.50 bits per heavy atom. The topological polar surface area (TPSA) is 18.5 Å². The van der Waals surface area contributed by atoms with Crippen LogP contribution in [0.2, 0.25) is 5.02 Å². The summed E-state index contributed by atoms with van der Waals surface area (Å²) in [5, 5.41) is 0.612. The predicted octanol–water partition coefficient (Wildman–Crippen LogP) is 3.90. The molecule has 0 heterocycles. The van der Waals surface area contributed by atoms with Gasteiger partial charge in [0.15, 0.2) is 11.5 Å². The van der Waals surface area contributed by atoms with Crippen LogP contribution in [-0.2, 0) is 0 Å². The molecule has 0 spiro atoms. The molecule has 0 aromatic heterocycles. The highest BCUT2D eigenvalue weighted by atomic mass is 79.9. The molecule has 14 heavy (non-hydrogen) atoms. The first kappa shape index (κ1) is 11.7. The molecule has 0 aliphatic rings. The van der Waals surface area contributed by atoms with Crippen molar-refractivity contribution in [2.24, 2.45) is 0 Å². The van der Waals surface area contributed by atoms with Gasteiger partial charge in [-0.25, -0.2) is 0 Å². The van der Waals surface area contributed by atoms with E-state index < -0.39 is 0 Å². The van der Waals surface area contributed by atoms with Crippen LogP contribution in [0.1, 0.15) is 13.8 Å². The Balaban J connectivity index is 3.14. The molecule has 0 aliphatic heterocycles. The second kappa shape index (κ2) is 4.89. The smallest absolute Gasteiger partial charge is 0.177 e. The molecular formula is C10H12BrClO2. The van der Waals surface area contributed by atoms with Crippen LogP contribution < -0.4 is 9.47 Å². The summed E-state index contributed by atoms with van der Waals surface area (Å²) in [5.41, 5.74) is 0. The van der Waals surface area contributed by atoms with Crippen molar-refractivity contribution in [1.29, 1.82) is 0 Å². The van der Waals surface area contributed by atoms with Crippen molar-refractivity contribution in [3.63, 3.8) is 0 Å². The van der Waals surface area contributed by atoms with E-state index in [9.17, 15) is 0 Å². The minimum atomic E-state index is 0.0821. The number of rotatable bonds is 3. The third-order valence-corrected chi connectivity index (χ3v) is 2.92. The maximum Gasteiger partial charge on any atom is 0.177 e. The standard InChI is InChI=1S/C10H12BrClO2/c1-6(2)14-10-8(13-3)5-4-7(12)9(10)11/h4-6H,1-3H3. The van der Waals surface area contributed by atoms with Crippen LogP contribution in [0, 0.1) is 0 Å². The molecule has 4 heteroatoms. The van der Waals surface area contributed by atoms with Crippen LogP contribution in [0.3, 0.4) is 0 Å². The van der Waals surface area contributed by atoms with Crippen LogP contribution in [0.25, 0.3) is 0 Å². The normalized spacial score (nSPS) is 10.4. The van der Waals surface area contributed by atoms with Crippen molar-refractivity contribution in [1.82, 2.24) is 0 Å². The Morgan fingerprint density at radius 2 is 2.00 bits per heavy atom. The largest absolute Gasteiger partial charge is 0.493 e. The average molecular weight is 280 g/mol. The van der Waals surface area contributed by atoms with E-state index in [1.54, 1.807) is 19.2 Å². The highest BCUT2D eigenvalue weighted by Crippen LogP contribution is 2.40. The number of halogens is 2. The molecule has 0 radical (unpaired) electrons. The maximum atomic E-state index is 5.94. The number of hydrogen-bond donors (Lipinski definition) is 0. The zero-order chi connectivity index (χ0) is 10.7. The number of methoxy groups -OCH3 is 1. The second-order valence-corrected chi connectivity index (χ2v) is 4.26. The molecule has 0 atom stereocenters. The maximum absolute atomic E-state index is 5.94. The number of hydrogen-bond acceptors (Lipinski definition) is 2. The van der Waals surface area contributed by atoms with Gasteiger partial charge in [0, 0.05) is 0 Å². The SMILES string of the molecule is COc1ccc(Cl)c(Br)c1OC(C)C. The summed E-state index contributed by atoms with van der Waals surface area (Å²) in [5.74, 6) is 1.32. The molecule has 2 nitrogen and oxygen atoms in total. The van der Waals surface area contributed by atoms with E-state index in [0.717, 1.165) is 4.47 Å². The predicted molar refractivity (Wildman–Crippen MR) is 61.5 cm³/mol. The fraction of sp³-hybridized carbons (Fsp3) is 0.400. The zero-order valence-corrected chi connectivity index (χ0v) is 10.6. The molecule has 0 N–H and O–H groups in total. The van der Waals surface area contributed by atoms with E-state index >= 15 is 0 Å². The molecule has 0 saturated heterocycles. The highest BCUT2D eigenvalue weighted by molar-refractivity contribution is 9.10. The molecule has 78 valence electrons. The van der Waals surface area contributed by atoms with Gasteiger partial charge in [-0.1, -0.05) is 11.6 Å². The lowest BCUT2D eigenvalue weighted by Crippen LogP contribution is -2.07. The van der Waals surface area contributed by atoms with Gasteiger partial charge in [-0.2, -0.15) is 0 Å². The van der Waals surface area contributed by atoms with E-state index in [4.69, 9.17) is 21.1 Å². The lowest BCUT2D eigenvalue weighted by Gasteiger charge is -2.15. The van der Waals surface area contributed by atoms with Crippen LogP contribution in [0.5, 0.6) is 11.5 Å². The first-order chi connectivity index (χ1) is 6.56. The Hall–Kier alpha value is -0.410. The number of benzene rings is 1. The first-order valence-corrected chi connectivity index (χ1v) is 5.42. The monoisotopic (exact) mass is 278 g/mol. The molecule has 0 unspecified atom stereocenters. The van der Waals surface area contributed by atoms with E-state index in [1.807, 2.05) is 13.8 Å². The quantitative estimate of drug-likeness (QED) is 0.835. The molecule has 1 aromatic carbocycles. The Kier molecular flexibility index (Phi) is 4.08. The van der Waals surface area contributed by atoms with Gasteiger partial charge < -0.3 is 9.47 Å². The minimum Gasteiger partial charge on any atom is -0.493 e. The van der Waals surface area contributed by atoms with Gasteiger partial charge in [0.2, 0.25) is 0 Å². The highest BCUT2D eigenvalue weighted by Gasteiger charge is 2.13. The third-order valence-electron chi connectivity index (χ3n) is 1.59. The van der Waals surface area contributed by atoms with Crippen molar-refractivity contribution in [2.75, 3.05) is 7.11 Å². The van der Waals surface area contributed by atoms with Gasteiger partial charge in [0.1, 0.15) is 0 Å². The lowest BCUT2D eigenvalue weighted by atomic mass is 10.3. The molecule has 0 amide bonds. The Labute approximate surface area is 97.3 Å². The van der Waals surface area contributed by atoms with E-state index in [-0.39, 0.29) is 6.10 Å². The van der Waals surface area contributed by atoms with Crippen molar-refractivity contribution >= 4 is 27.5 Å². The molecule has 1 rings (SSSR count). The van der Waals surface area contributed by atoms with E-state index in [2.05, 4.69) is 15.9 Å². The fourth-order valence-electron chi connectivity index (χ4n) is 1.02. The molecular weight excluding hydrogens is 267 g/mol. The molecule has 0 bridgehead atoms. The van der Waals surface area contributed by atoms with Crippen molar-refractivity contribution in [3.05, 3.63) is 21.6 Å². The van der Waals surface area contributed by atoms with Gasteiger partial charge in [-0.3, -0.25) is 0 Å². The van der Waals surface area contributed by atoms with Gasteiger partial charge in [-0.15, -0.1) is 0 Å². The van der Waals surface area contributed by atoms with Gasteiger partial charge >= 0.3 is 0 Å². The summed E-state index contributed by atoms with van der Waals surface area (Å²) in [6.07, 6.45) is 0.0821. The lowest BCUT2D eigenvalue weighted by molar-refractivity contribution is 0.228. The minimum absolute atomic E-state index is 0.0821. The van der Waals surface area contributed by atoms with Crippen LogP contribution in [0.4, 0.5) is 0 Å². The first-order valence-electron chi connectivity index (χ1n) is 4.25. The van der Waals surface area contributed by atoms with Crippen LogP contribution in [-0.4, -0.2) is 13.2 Å². The molecule has 0 aliphatic carbocycles. The van der Waals surface area contributed by atoms with Crippen LogP contribution in [0.15, 0.2) is 16.6 Å². The van der Waals surface area contributed by atoms with Crippen molar-refractivity contribution < 1.29 is 9.47 Å². The Morgan fingerprint density at radius 1 is 1.36 bits per heavy atom. The summed E-state index contributed by atoms with van der Waals surface area (Å²) in [6.45, 7) is 3.90. The van der Waals surface area contributed by atoms with Gasteiger partial charge in [-0.05, 0) is 41.9 Å². The van der Waals surface area contributed by atoms with E-state index in [0.29, 0.717) is 16.5 Å². The second-order valence-electron chi connectivity index (χ2n) is 3.06. The average Bonchev–Trinajstić information content (AvgIpc) is 2.13. The summed E-state index contributed by atoms with van der Waals surface area (Å²) in [7, 11) is 1.60. The zero-order valence-electron chi connectivity index (χ0n) is 8.30.